The van der Waals surface area contributed by atoms with Crippen molar-refractivity contribution >= 4 is 18.3 Å². The Balaban J connectivity index is 0.00000312. The Labute approximate surface area is 158 Å². The van der Waals surface area contributed by atoms with Crippen molar-refractivity contribution in [3.8, 4) is 0 Å². The summed E-state index contributed by atoms with van der Waals surface area (Å²) in [7, 11) is 0. The Hall–Kier alpha value is -1.10. The highest BCUT2D eigenvalue weighted by Gasteiger charge is 2.32. The molecule has 1 aliphatic rings. The first-order chi connectivity index (χ1) is 11.7. The van der Waals surface area contributed by atoms with Crippen molar-refractivity contribution in [1.82, 2.24) is 5.32 Å². The topological polar surface area (TPSA) is 64.4 Å². The monoisotopic (exact) mass is 368 g/mol. The number of nitrogens with one attached hydrogen (secondary N) is 1. The Morgan fingerprint density at radius 2 is 1.84 bits per heavy atom. The van der Waals surface area contributed by atoms with Crippen LogP contribution in [0.3, 0.4) is 0 Å². The van der Waals surface area contributed by atoms with E-state index in [0.717, 1.165) is 38.8 Å². The highest BCUT2D eigenvalue weighted by atomic mass is 35.5. The molecule has 1 aromatic rings. The zero-order valence-electron chi connectivity index (χ0n) is 15.2. The lowest BCUT2D eigenvalue weighted by Crippen LogP contribution is -2.38. The van der Waals surface area contributed by atoms with Gasteiger partial charge in [-0.2, -0.15) is 0 Å². The summed E-state index contributed by atoms with van der Waals surface area (Å²) in [5.41, 5.74) is 7.20. The van der Waals surface area contributed by atoms with Crippen molar-refractivity contribution in [1.29, 1.82) is 0 Å². The molecule has 0 atom stereocenters. The molecule has 5 heteroatoms. The van der Waals surface area contributed by atoms with Crippen LogP contribution in [-0.4, -0.2) is 25.6 Å². The third-order valence-electron chi connectivity index (χ3n) is 5.03. The minimum Gasteiger partial charge on any atom is -0.377 e. The number of carbonyl (C=O) groups is 1. The van der Waals surface area contributed by atoms with E-state index in [9.17, 15) is 4.79 Å². The second-order valence-electron chi connectivity index (χ2n) is 7.04. The minimum absolute atomic E-state index is 0. The molecule has 4 nitrogen and oxygen atoms in total. The van der Waals surface area contributed by atoms with Crippen molar-refractivity contribution in [2.75, 3.05) is 19.7 Å². The molecule has 1 fully saturated rings. The van der Waals surface area contributed by atoms with Crippen LogP contribution in [0.25, 0.3) is 0 Å². The molecule has 2 rings (SSSR count). The Kier molecular flexibility index (Phi) is 10.8. The summed E-state index contributed by atoms with van der Waals surface area (Å²) in [6, 6.07) is 10.2. The molecule has 3 N–H and O–H groups in total. The Morgan fingerprint density at radius 1 is 1.12 bits per heavy atom. The van der Waals surface area contributed by atoms with Crippen LogP contribution in [0.1, 0.15) is 56.9 Å². The van der Waals surface area contributed by atoms with Gasteiger partial charge in [0, 0.05) is 19.6 Å². The second-order valence-corrected chi connectivity index (χ2v) is 7.04. The first-order valence-corrected chi connectivity index (χ1v) is 9.33. The van der Waals surface area contributed by atoms with Gasteiger partial charge in [-0.15, -0.1) is 12.4 Å². The van der Waals surface area contributed by atoms with E-state index < -0.39 is 0 Å². The summed E-state index contributed by atoms with van der Waals surface area (Å²) in [5.74, 6) is 0.160. The van der Waals surface area contributed by atoms with Gasteiger partial charge in [0.1, 0.15) is 0 Å². The number of hydrogen-bond acceptors (Lipinski definition) is 3. The van der Waals surface area contributed by atoms with Crippen LogP contribution in [0.15, 0.2) is 30.3 Å². The van der Waals surface area contributed by atoms with Crippen LogP contribution in [0, 0.1) is 5.41 Å². The minimum atomic E-state index is 0. The lowest BCUT2D eigenvalue weighted by Gasteiger charge is -2.35. The normalized spacial score (nSPS) is 16.0. The first kappa shape index (κ1) is 21.9. The molecule has 0 spiro atoms. The maximum Gasteiger partial charge on any atom is 0.220 e. The molecular formula is C20H33ClN2O2. The number of rotatable bonds is 10. The predicted molar refractivity (Wildman–Crippen MR) is 105 cm³/mol. The molecule has 1 saturated carbocycles. The highest BCUT2D eigenvalue weighted by Crippen LogP contribution is 2.38. The summed E-state index contributed by atoms with van der Waals surface area (Å²) in [4.78, 5) is 12.2. The fraction of sp³-hybridized carbons (Fsp3) is 0.650. The van der Waals surface area contributed by atoms with E-state index in [1.165, 1.54) is 24.8 Å². The standard InChI is InChI=1S/C20H32N2O2.ClH/c21-17-20(11-5-2-6-12-20)15-19(23)22-13-7-8-14-24-16-18-9-3-1-4-10-18;/h1,3-4,9-10H,2,5-8,11-17,21H2,(H,22,23);1H. The maximum absolute atomic E-state index is 12.2. The SMILES string of the molecule is Cl.NCC1(CC(=O)NCCCCOCc2ccccc2)CCCCC1. The Morgan fingerprint density at radius 3 is 2.52 bits per heavy atom. The smallest absolute Gasteiger partial charge is 0.220 e. The fourth-order valence-corrected chi connectivity index (χ4v) is 3.48. The number of carbonyl (C=O) groups excluding carboxylic acids is 1. The van der Waals surface area contributed by atoms with Gasteiger partial charge in [0.15, 0.2) is 0 Å². The molecular weight excluding hydrogens is 336 g/mol. The largest absolute Gasteiger partial charge is 0.377 e. The van der Waals surface area contributed by atoms with Crippen LogP contribution in [-0.2, 0) is 16.1 Å². The third kappa shape index (κ3) is 8.21. The van der Waals surface area contributed by atoms with Crippen LogP contribution in [0.2, 0.25) is 0 Å². The van der Waals surface area contributed by atoms with Crippen molar-refractivity contribution in [3.05, 3.63) is 35.9 Å². The zero-order valence-corrected chi connectivity index (χ0v) is 16.0. The Bertz CT molecular complexity index is 476. The molecule has 0 aromatic heterocycles. The average Bonchev–Trinajstić information content (AvgIpc) is 2.62. The molecule has 1 amide bonds. The summed E-state index contributed by atoms with van der Waals surface area (Å²) in [6.07, 6.45) is 8.42. The van der Waals surface area contributed by atoms with Gasteiger partial charge in [-0.05, 0) is 43.2 Å². The number of benzene rings is 1. The maximum atomic E-state index is 12.2. The molecule has 0 saturated heterocycles. The number of halogens is 1. The van der Waals surface area contributed by atoms with Crippen LogP contribution >= 0.6 is 12.4 Å². The second kappa shape index (κ2) is 12.3. The van der Waals surface area contributed by atoms with Gasteiger partial charge in [0.05, 0.1) is 6.61 Å². The van der Waals surface area contributed by atoms with E-state index in [4.69, 9.17) is 10.5 Å². The highest BCUT2D eigenvalue weighted by molar-refractivity contribution is 5.85. The van der Waals surface area contributed by atoms with Crippen molar-refractivity contribution in [3.63, 3.8) is 0 Å². The fourth-order valence-electron chi connectivity index (χ4n) is 3.48. The summed E-state index contributed by atoms with van der Waals surface area (Å²) >= 11 is 0. The number of nitrogens with two attached hydrogens (primary N) is 1. The van der Waals surface area contributed by atoms with Crippen molar-refractivity contribution < 1.29 is 9.53 Å². The molecule has 1 aliphatic carbocycles. The van der Waals surface area contributed by atoms with Gasteiger partial charge < -0.3 is 15.8 Å². The summed E-state index contributed by atoms with van der Waals surface area (Å²) in [5, 5.41) is 3.05. The van der Waals surface area contributed by atoms with Crippen LogP contribution in [0.4, 0.5) is 0 Å². The van der Waals surface area contributed by atoms with Gasteiger partial charge in [0.25, 0.3) is 0 Å². The first-order valence-electron chi connectivity index (χ1n) is 9.33. The number of unbranched alkanes of at least 4 members (excludes halogenated alkanes) is 1. The zero-order chi connectivity index (χ0) is 17.1. The molecule has 0 bridgehead atoms. The molecule has 142 valence electrons. The van der Waals surface area contributed by atoms with E-state index >= 15 is 0 Å². The molecule has 1 aromatic carbocycles. The summed E-state index contributed by atoms with van der Waals surface area (Å²) < 4.78 is 5.65. The van der Waals surface area contributed by atoms with Gasteiger partial charge >= 0.3 is 0 Å². The van der Waals surface area contributed by atoms with E-state index in [1.54, 1.807) is 0 Å². The van der Waals surface area contributed by atoms with Crippen molar-refractivity contribution in [2.45, 2.75) is 58.0 Å². The molecule has 0 heterocycles. The van der Waals surface area contributed by atoms with Crippen LogP contribution < -0.4 is 11.1 Å². The van der Waals surface area contributed by atoms with Crippen molar-refractivity contribution in [2.24, 2.45) is 11.1 Å². The lowest BCUT2D eigenvalue weighted by atomic mass is 9.71. The van der Waals surface area contributed by atoms with E-state index in [-0.39, 0.29) is 23.7 Å². The lowest BCUT2D eigenvalue weighted by molar-refractivity contribution is -0.123. The molecule has 0 radical (unpaired) electrons. The van der Waals surface area contributed by atoms with Gasteiger partial charge in [-0.25, -0.2) is 0 Å². The van der Waals surface area contributed by atoms with E-state index in [1.807, 2.05) is 18.2 Å². The number of amides is 1. The van der Waals surface area contributed by atoms with Gasteiger partial charge in [0.2, 0.25) is 5.91 Å². The molecule has 0 unspecified atom stereocenters. The number of ether oxygens (including phenoxy) is 1. The van der Waals surface area contributed by atoms with Crippen LogP contribution in [0.5, 0.6) is 0 Å². The molecule has 25 heavy (non-hydrogen) atoms. The van der Waals surface area contributed by atoms with Gasteiger partial charge in [-0.1, -0.05) is 49.6 Å². The summed E-state index contributed by atoms with van der Waals surface area (Å²) in [6.45, 7) is 2.76. The quantitative estimate of drug-likeness (QED) is 0.617. The van der Waals surface area contributed by atoms with Gasteiger partial charge in [-0.3, -0.25) is 4.79 Å². The molecule has 0 aliphatic heterocycles. The third-order valence-corrected chi connectivity index (χ3v) is 5.03. The predicted octanol–water partition coefficient (Wildman–Crippen LogP) is 3.82. The average molecular weight is 369 g/mol. The van der Waals surface area contributed by atoms with E-state index in [2.05, 4.69) is 17.4 Å². The number of hydrogen-bond donors (Lipinski definition) is 2. The van der Waals surface area contributed by atoms with E-state index in [0.29, 0.717) is 19.6 Å².